The Labute approximate surface area is 130 Å². The summed E-state index contributed by atoms with van der Waals surface area (Å²) in [5.41, 5.74) is 6.80. The Kier molecular flexibility index (Phi) is 5.16. The number of hydrogen-bond donors (Lipinski definition) is 2. The SMILES string of the molecule is Nc1ccccc1NC(=O)CCOc1ccc(Br)c(F)c1. The first-order valence-corrected chi connectivity index (χ1v) is 7.08. The van der Waals surface area contributed by atoms with Crippen LogP contribution in [0.4, 0.5) is 15.8 Å². The zero-order chi connectivity index (χ0) is 15.2. The molecule has 2 aromatic carbocycles. The molecule has 0 radical (unpaired) electrons. The van der Waals surface area contributed by atoms with Gasteiger partial charge < -0.3 is 15.8 Å². The van der Waals surface area contributed by atoms with E-state index in [2.05, 4.69) is 21.2 Å². The number of carbonyl (C=O) groups is 1. The fraction of sp³-hybridized carbons (Fsp3) is 0.133. The average Bonchev–Trinajstić information content (AvgIpc) is 2.45. The fourth-order valence-corrected chi connectivity index (χ4v) is 1.90. The number of ether oxygens (including phenoxy) is 1. The van der Waals surface area contributed by atoms with Gasteiger partial charge in [-0.2, -0.15) is 0 Å². The number of amides is 1. The summed E-state index contributed by atoms with van der Waals surface area (Å²) < 4.78 is 19.0. The van der Waals surface area contributed by atoms with Crippen molar-refractivity contribution >= 4 is 33.2 Å². The quantitative estimate of drug-likeness (QED) is 0.808. The number of hydrogen-bond acceptors (Lipinski definition) is 3. The predicted molar refractivity (Wildman–Crippen MR) is 83.7 cm³/mol. The molecule has 0 spiro atoms. The molecule has 0 unspecified atom stereocenters. The van der Waals surface area contributed by atoms with Crippen molar-refractivity contribution in [2.45, 2.75) is 6.42 Å². The molecule has 6 heteroatoms. The summed E-state index contributed by atoms with van der Waals surface area (Å²) in [5.74, 6) is -0.248. The second-order valence-corrected chi connectivity index (χ2v) is 5.16. The van der Waals surface area contributed by atoms with Gasteiger partial charge in [0.1, 0.15) is 11.6 Å². The Morgan fingerprint density at radius 3 is 2.76 bits per heavy atom. The monoisotopic (exact) mass is 352 g/mol. The molecule has 0 aliphatic rings. The van der Waals surface area contributed by atoms with Gasteiger partial charge in [-0.3, -0.25) is 4.79 Å². The molecule has 0 aliphatic carbocycles. The van der Waals surface area contributed by atoms with Gasteiger partial charge in [-0.25, -0.2) is 4.39 Å². The maximum atomic E-state index is 13.3. The lowest BCUT2D eigenvalue weighted by atomic mass is 10.2. The molecular formula is C15H14BrFN2O2. The number of nitrogen functional groups attached to an aromatic ring is 1. The maximum Gasteiger partial charge on any atom is 0.227 e. The van der Waals surface area contributed by atoms with Crippen LogP contribution >= 0.6 is 15.9 Å². The van der Waals surface area contributed by atoms with Crippen LogP contribution in [0.1, 0.15) is 6.42 Å². The van der Waals surface area contributed by atoms with E-state index in [1.165, 1.54) is 6.07 Å². The third-order valence-electron chi connectivity index (χ3n) is 2.72. The number of nitrogens with two attached hydrogens (primary N) is 1. The summed E-state index contributed by atoms with van der Waals surface area (Å²) in [6, 6.07) is 11.4. The molecule has 0 fully saturated rings. The molecule has 0 heterocycles. The topological polar surface area (TPSA) is 64.3 Å². The number of nitrogens with one attached hydrogen (secondary N) is 1. The van der Waals surface area contributed by atoms with Crippen molar-refractivity contribution in [1.29, 1.82) is 0 Å². The summed E-state index contributed by atoms with van der Waals surface area (Å²) >= 11 is 3.06. The van der Waals surface area contributed by atoms with Gasteiger partial charge in [0, 0.05) is 6.07 Å². The van der Waals surface area contributed by atoms with E-state index in [-0.39, 0.29) is 18.9 Å². The fourth-order valence-electron chi connectivity index (χ4n) is 1.65. The van der Waals surface area contributed by atoms with Crippen molar-refractivity contribution in [3.63, 3.8) is 0 Å². The molecule has 1 amide bonds. The Bertz CT molecular complexity index is 649. The van der Waals surface area contributed by atoms with Gasteiger partial charge in [-0.1, -0.05) is 12.1 Å². The number of rotatable bonds is 5. The molecular weight excluding hydrogens is 339 g/mol. The molecule has 0 saturated heterocycles. The van der Waals surface area contributed by atoms with Crippen molar-refractivity contribution < 1.29 is 13.9 Å². The molecule has 0 saturated carbocycles. The first-order chi connectivity index (χ1) is 10.1. The van der Waals surface area contributed by atoms with Gasteiger partial charge in [0.15, 0.2) is 0 Å². The average molecular weight is 353 g/mol. The van der Waals surface area contributed by atoms with E-state index in [4.69, 9.17) is 10.5 Å². The zero-order valence-electron chi connectivity index (χ0n) is 11.1. The van der Waals surface area contributed by atoms with Gasteiger partial charge in [0.05, 0.1) is 28.9 Å². The van der Waals surface area contributed by atoms with Gasteiger partial charge in [0.25, 0.3) is 0 Å². The highest BCUT2D eigenvalue weighted by Gasteiger charge is 2.06. The normalized spacial score (nSPS) is 10.2. The van der Waals surface area contributed by atoms with Crippen LogP contribution in [0, 0.1) is 5.82 Å². The Balaban J connectivity index is 1.82. The van der Waals surface area contributed by atoms with Crippen molar-refractivity contribution in [1.82, 2.24) is 0 Å². The molecule has 0 aromatic heterocycles. The lowest BCUT2D eigenvalue weighted by Gasteiger charge is -2.09. The largest absolute Gasteiger partial charge is 0.493 e. The van der Waals surface area contributed by atoms with E-state index in [9.17, 15) is 9.18 Å². The lowest BCUT2D eigenvalue weighted by Crippen LogP contribution is -2.16. The third-order valence-corrected chi connectivity index (χ3v) is 3.37. The Morgan fingerprint density at radius 2 is 2.05 bits per heavy atom. The van der Waals surface area contributed by atoms with E-state index < -0.39 is 5.82 Å². The van der Waals surface area contributed by atoms with E-state index in [1.54, 1.807) is 36.4 Å². The minimum Gasteiger partial charge on any atom is -0.493 e. The Hall–Kier alpha value is -2.08. The van der Waals surface area contributed by atoms with Crippen LogP contribution in [0.3, 0.4) is 0 Å². The van der Waals surface area contributed by atoms with Crippen molar-refractivity contribution in [2.24, 2.45) is 0 Å². The van der Waals surface area contributed by atoms with Crippen LogP contribution in [0.5, 0.6) is 5.75 Å². The second kappa shape index (κ2) is 7.08. The molecule has 110 valence electrons. The number of para-hydroxylation sites is 2. The van der Waals surface area contributed by atoms with Crippen LogP contribution < -0.4 is 15.8 Å². The minimum atomic E-state index is -0.408. The summed E-state index contributed by atoms with van der Waals surface area (Å²) in [7, 11) is 0. The van der Waals surface area contributed by atoms with Crippen LogP contribution in [-0.2, 0) is 4.79 Å². The van der Waals surface area contributed by atoms with Crippen LogP contribution in [0.15, 0.2) is 46.9 Å². The standard InChI is InChI=1S/C15H14BrFN2O2/c16-11-6-5-10(9-12(11)17)21-8-7-15(20)19-14-4-2-1-3-13(14)18/h1-6,9H,7-8,18H2,(H,19,20). The van der Waals surface area contributed by atoms with Gasteiger partial charge in [-0.15, -0.1) is 0 Å². The third kappa shape index (κ3) is 4.46. The lowest BCUT2D eigenvalue weighted by molar-refractivity contribution is -0.116. The van der Waals surface area contributed by atoms with Gasteiger partial charge in [-0.05, 0) is 40.2 Å². The molecule has 2 rings (SSSR count). The maximum absolute atomic E-state index is 13.3. The number of anilines is 2. The highest BCUT2D eigenvalue weighted by Crippen LogP contribution is 2.21. The summed E-state index contributed by atoms with van der Waals surface area (Å²) in [4.78, 5) is 11.7. The first kappa shape index (κ1) is 15.3. The highest BCUT2D eigenvalue weighted by molar-refractivity contribution is 9.10. The summed E-state index contributed by atoms with van der Waals surface area (Å²) in [6.07, 6.45) is 0.145. The second-order valence-electron chi connectivity index (χ2n) is 4.31. The van der Waals surface area contributed by atoms with Crippen molar-refractivity contribution in [2.75, 3.05) is 17.7 Å². The summed E-state index contributed by atoms with van der Waals surface area (Å²) in [5, 5.41) is 2.69. The highest BCUT2D eigenvalue weighted by atomic mass is 79.9. The van der Waals surface area contributed by atoms with Crippen molar-refractivity contribution in [3.05, 3.63) is 52.8 Å². The van der Waals surface area contributed by atoms with Gasteiger partial charge >= 0.3 is 0 Å². The minimum absolute atomic E-state index is 0.145. The zero-order valence-corrected chi connectivity index (χ0v) is 12.7. The van der Waals surface area contributed by atoms with Crippen LogP contribution in [0.2, 0.25) is 0 Å². The number of benzene rings is 2. The van der Waals surface area contributed by atoms with Gasteiger partial charge in [0.2, 0.25) is 5.91 Å². The smallest absolute Gasteiger partial charge is 0.227 e. The number of carbonyl (C=O) groups excluding carboxylic acids is 1. The molecule has 3 N–H and O–H groups in total. The van der Waals surface area contributed by atoms with Crippen LogP contribution in [0.25, 0.3) is 0 Å². The molecule has 0 atom stereocenters. The van der Waals surface area contributed by atoms with E-state index >= 15 is 0 Å². The van der Waals surface area contributed by atoms with Crippen molar-refractivity contribution in [3.8, 4) is 5.75 Å². The summed E-state index contributed by atoms with van der Waals surface area (Å²) in [6.45, 7) is 0.152. The number of halogens is 2. The van der Waals surface area contributed by atoms with E-state index in [0.717, 1.165) is 0 Å². The predicted octanol–water partition coefficient (Wildman–Crippen LogP) is 3.58. The van der Waals surface area contributed by atoms with Crippen LogP contribution in [-0.4, -0.2) is 12.5 Å². The van der Waals surface area contributed by atoms with E-state index in [0.29, 0.717) is 21.6 Å². The first-order valence-electron chi connectivity index (χ1n) is 6.28. The molecule has 0 aliphatic heterocycles. The molecule has 4 nitrogen and oxygen atoms in total. The van der Waals surface area contributed by atoms with E-state index in [1.807, 2.05) is 0 Å². The molecule has 2 aromatic rings. The Morgan fingerprint density at radius 1 is 1.29 bits per heavy atom. The molecule has 0 bridgehead atoms. The molecule has 21 heavy (non-hydrogen) atoms.